The molecule has 1 amide bonds. The zero-order valence-corrected chi connectivity index (χ0v) is 19.8. The summed E-state index contributed by atoms with van der Waals surface area (Å²) in [6, 6.07) is 9.08. The first kappa shape index (κ1) is 21.9. The van der Waals surface area contributed by atoms with E-state index in [-0.39, 0.29) is 27.6 Å². The van der Waals surface area contributed by atoms with Gasteiger partial charge in [-0.05, 0) is 55.3 Å². The summed E-state index contributed by atoms with van der Waals surface area (Å²) < 4.78 is 5.73. The largest absolute Gasteiger partial charge is 0.507 e. The molecule has 2 aliphatic rings. The van der Waals surface area contributed by atoms with Crippen LogP contribution in [0.1, 0.15) is 34.7 Å². The Hall–Kier alpha value is -2.94. The van der Waals surface area contributed by atoms with Gasteiger partial charge in [-0.1, -0.05) is 40.6 Å². The minimum atomic E-state index is -0.949. The number of fused-ring (bicyclic) bond motifs is 1. The highest BCUT2D eigenvalue weighted by Gasteiger charge is 2.48. The van der Waals surface area contributed by atoms with E-state index >= 15 is 0 Å². The molecule has 2 aliphatic heterocycles. The van der Waals surface area contributed by atoms with Crippen molar-refractivity contribution in [1.82, 2.24) is 10.2 Å². The van der Waals surface area contributed by atoms with Gasteiger partial charge in [0.15, 0.2) is 0 Å². The second-order valence-corrected chi connectivity index (χ2v) is 9.88. The lowest BCUT2D eigenvalue weighted by Crippen LogP contribution is -2.29. The zero-order chi connectivity index (χ0) is 23.4. The van der Waals surface area contributed by atoms with Gasteiger partial charge in [0.05, 0.1) is 21.7 Å². The maximum atomic E-state index is 13.2. The molecule has 1 N–H and O–H groups in total. The van der Waals surface area contributed by atoms with Gasteiger partial charge < -0.3 is 9.84 Å². The summed E-state index contributed by atoms with van der Waals surface area (Å²) in [5.74, 6) is -1.16. The summed E-state index contributed by atoms with van der Waals surface area (Å²) in [6.45, 7) is 3.71. The summed E-state index contributed by atoms with van der Waals surface area (Å²) in [7, 11) is 0. The van der Waals surface area contributed by atoms with Crippen molar-refractivity contribution < 1.29 is 19.4 Å². The molecule has 0 bridgehead atoms. The summed E-state index contributed by atoms with van der Waals surface area (Å²) in [5, 5.41) is 20.8. The fourth-order valence-electron chi connectivity index (χ4n) is 4.14. The molecule has 3 heterocycles. The third kappa shape index (κ3) is 3.68. The molecule has 168 valence electrons. The number of rotatable bonds is 3. The minimum Gasteiger partial charge on any atom is -0.507 e. The van der Waals surface area contributed by atoms with Crippen LogP contribution in [0.4, 0.5) is 5.13 Å². The molecule has 2 aromatic carbocycles. The smallest absolute Gasteiger partial charge is 0.301 e. The fourth-order valence-corrected chi connectivity index (χ4v) is 5.16. The van der Waals surface area contributed by atoms with E-state index in [1.54, 1.807) is 43.3 Å². The van der Waals surface area contributed by atoms with E-state index < -0.39 is 17.7 Å². The van der Waals surface area contributed by atoms with Crippen molar-refractivity contribution in [2.24, 2.45) is 0 Å². The Morgan fingerprint density at radius 3 is 2.64 bits per heavy atom. The summed E-state index contributed by atoms with van der Waals surface area (Å²) in [4.78, 5) is 27.6. The highest BCUT2D eigenvalue weighted by molar-refractivity contribution is 7.15. The number of aliphatic hydroxyl groups is 1. The third-order valence-electron chi connectivity index (χ3n) is 5.59. The highest BCUT2D eigenvalue weighted by atomic mass is 35.5. The quantitative estimate of drug-likeness (QED) is 0.304. The summed E-state index contributed by atoms with van der Waals surface area (Å²) in [5.41, 5.74) is 1.80. The molecule has 5 rings (SSSR count). The average Bonchev–Trinajstić information content (AvgIpc) is 3.44. The van der Waals surface area contributed by atoms with Gasteiger partial charge in [0, 0.05) is 12.0 Å². The topological polar surface area (TPSA) is 92.6 Å². The maximum Gasteiger partial charge on any atom is 0.301 e. The number of benzene rings is 2. The van der Waals surface area contributed by atoms with Gasteiger partial charge in [0.1, 0.15) is 22.6 Å². The number of aryl methyl sites for hydroxylation is 1. The van der Waals surface area contributed by atoms with Crippen molar-refractivity contribution in [3.05, 3.63) is 73.7 Å². The number of hydrogen-bond acceptors (Lipinski definition) is 7. The Balaban J connectivity index is 1.70. The van der Waals surface area contributed by atoms with Crippen LogP contribution in [0, 0.1) is 6.92 Å². The second kappa shape index (κ2) is 8.13. The minimum absolute atomic E-state index is 0.0276. The van der Waals surface area contributed by atoms with E-state index in [9.17, 15) is 14.7 Å². The lowest BCUT2D eigenvalue weighted by molar-refractivity contribution is -0.132. The molecular weight excluding hydrogens is 485 g/mol. The average molecular weight is 502 g/mol. The van der Waals surface area contributed by atoms with E-state index in [2.05, 4.69) is 10.2 Å². The molecule has 2 atom stereocenters. The monoisotopic (exact) mass is 501 g/mol. The number of hydrogen-bond donors (Lipinski definition) is 1. The number of Topliss-reactive ketones (excluding diaryl/α,β-unsaturated/α-hetero) is 1. The first-order chi connectivity index (χ1) is 15.7. The number of ketones is 1. The summed E-state index contributed by atoms with van der Waals surface area (Å²) in [6.07, 6.45) is 0.713. The number of halogens is 2. The molecule has 0 saturated carbocycles. The molecular formula is C23H17Cl2N3O4S. The van der Waals surface area contributed by atoms with Gasteiger partial charge in [-0.25, -0.2) is 0 Å². The highest BCUT2D eigenvalue weighted by Crippen LogP contribution is 2.44. The Morgan fingerprint density at radius 2 is 1.94 bits per heavy atom. The van der Waals surface area contributed by atoms with E-state index in [1.165, 1.54) is 16.2 Å². The second-order valence-electron chi connectivity index (χ2n) is 7.90. The number of nitrogens with zero attached hydrogens (tertiary/aromatic N) is 3. The van der Waals surface area contributed by atoms with Crippen LogP contribution in [0.15, 0.2) is 42.0 Å². The molecule has 0 unspecified atom stereocenters. The molecule has 33 heavy (non-hydrogen) atoms. The molecule has 0 aliphatic carbocycles. The SMILES string of the molecule is Cc1nnc(N2C(=O)C(=O)/C(=C(/O)c3ccc4c(c3)C[C@@H](C)O4)[C@@H]2c2ccc(Cl)c(Cl)c2)s1. The third-order valence-corrected chi connectivity index (χ3v) is 7.17. The molecule has 1 saturated heterocycles. The molecule has 0 radical (unpaired) electrons. The fraction of sp³-hybridized carbons (Fsp3) is 0.217. The van der Waals surface area contributed by atoms with Crippen LogP contribution in [0.2, 0.25) is 10.0 Å². The van der Waals surface area contributed by atoms with Gasteiger partial charge in [-0.2, -0.15) is 0 Å². The first-order valence-corrected chi connectivity index (χ1v) is 11.7. The molecule has 10 heteroatoms. The molecule has 1 fully saturated rings. The lowest BCUT2D eigenvalue weighted by atomic mass is 9.94. The van der Waals surface area contributed by atoms with Crippen molar-refractivity contribution in [1.29, 1.82) is 0 Å². The number of carbonyl (C=O) groups is 2. The summed E-state index contributed by atoms with van der Waals surface area (Å²) >= 11 is 13.5. The van der Waals surface area contributed by atoms with Crippen LogP contribution in [0.5, 0.6) is 5.75 Å². The van der Waals surface area contributed by atoms with Crippen LogP contribution in [-0.4, -0.2) is 33.1 Å². The van der Waals surface area contributed by atoms with Crippen LogP contribution in [-0.2, 0) is 16.0 Å². The van der Waals surface area contributed by atoms with E-state index in [1.807, 2.05) is 6.92 Å². The number of amides is 1. The lowest BCUT2D eigenvalue weighted by Gasteiger charge is -2.23. The van der Waals surface area contributed by atoms with Crippen molar-refractivity contribution >= 4 is 57.1 Å². The Morgan fingerprint density at radius 1 is 1.15 bits per heavy atom. The standard InChI is InChI=1S/C23H17Cl2N3O4S/c1-10-7-14-8-13(4-6-17(14)32-10)20(29)18-19(12-3-5-15(24)16(25)9-12)28(22(31)21(18)30)23-27-26-11(2)33-23/h3-6,8-10,19,29H,7H2,1-2H3/b20-18+/t10-,19+/m1/s1. The number of carbonyl (C=O) groups excluding carboxylic acids is 2. The van der Waals surface area contributed by atoms with Crippen molar-refractivity contribution in [2.45, 2.75) is 32.4 Å². The van der Waals surface area contributed by atoms with Crippen molar-refractivity contribution in [3.8, 4) is 5.75 Å². The predicted octanol–water partition coefficient (Wildman–Crippen LogP) is 5.10. The van der Waals surface area contributed by atoms with E-state index in [0.717, 1.165) is 11.3 Å². The predicted molar refractivity (Wildman–Crippen MR) is 126 cm³/mol. The van der Waals surface area contributed by atoms with Gasteiger partial charge in [0.2, 0.25) is 5.13 Å². The zero-order valence-electron chi connectivity index (χ0n) is 17.5. The number of aromatic nitrogens is 2. The van der Waals surface area contributed by atoms with Crippen molar-refractivity contribution in [2.75, 3.05) is 4.90 Å². The van der Waals surface area contributed by atoms with E-state index in [0.29, 0.717) is 27.6 Å². The normalized spacial score (nSPS) is 21.4. The number of anilines is 1. The van der Waals surface area contributed by atoms with Gasteiger partial charge >= 0.3 is 5.91 Å². The van der Waals surface area contributed by atoms with Gasteiger partial charge in [-0.3, -0.25) is 14.5 Å². The van der Waals surface area contributed by atoms with Crippen LogP contribution in [0.3, 0.4) is 0 Å². The Kier molecular flexibility index (Phi) is 5.39. The maximum absolute atomic E-state index is 13.2. The number of ether oxygens (including phenoxy) is 1. The Labute approximate surface area is 203 Å². The first-order valence-electron chi connectivity index (χ1n) is 10.1. The van der Waals surface area contributed by atoms with Crippen LogP contribution in [0.25, 0.3) is 5.76 Å². The molecule has 3 aromatic rings. The van der Waals surface area contributed by atoms with Crippen LogP contribution >= 0.6 is 34.5 Å². The van der Waals surface area contributed by atoms with Gasteiger partial charge in [-0.15, -0.1) is 10.2 Å². The Bertz CT molecular complexity index is 1350. The van der Waals surface area contributed by atoms with Crippen LogP contribution < -0.4 is 9.64 Å². The number of aliphatic hydroxyl groups excluding tert-OH is 1. The van der Waals surface area contributed by atoms with E-state index in [4.69, 9.17) is 27.9 Å². The van der Waals surface area contributed by atoms with Crippen molar-refractivity contribution in [3.63, 3.8) is 0 Å². The molecule has 0 spiro atoms. The molecule has 7 nitrogen and oxygen atoms in total. The van der Waals surface area contributed by atoms with Gasteiger partial charge in [0.25, 0.3) is 5.78 Å². The molecule has 1 aromatic heterocycles.